The first-order valence-electron chi connectivity index (χ1n) is 9.53. The van der Waals surface area contributed by atoms with E-state index >= 15 is 0 Å². The molecule has 3 aromatic rings. The highest BCUT2D eigenvalue weighted by molar-refractivity contribution is 5.97. The van der Waals surface area contributed by atoms with E-state index in [0.717, 1.165) is 11.1 Å². The van der Waals surface area contributed by atoms with Gasteiger partial charge in [0.25, 0.3) is 5.91 Å². The molecule has 0 aliphatic heterocycles. The molecule has 0 fully saturated rings. The van der Waals surface area contributed by atoms with Crippen LogP contribution in [0, 0.1) is 13.8 Å². The summed E-state index contributed by atoms with van der Waals surface area (Å²) in [5.41, 5.74) is 1.88. The Kier molecular flexibility index (Phi) is 6.64. The Labute approximate surface area is 173 Å². The number of methoxy groups -OCH3 is 1. The minimum atomic E-state index is -0.760. The maximum atomic E-state index is 12.4. The van der Waals surface area contributed by atoms with Crippen molar-refractivity contribution in [3.8, 4) is 5.75 Å². The van der Waals surface area contributed by atoms with Gasteiger partial charge < -0.3 is 19.2 Å². The third kappa shape index (κ3) is 4.93. The van der Waals surface area contributed by atoms with Crippen LogP contribution in [0.25, 0.3) is 11.0 Å². The molecule has 0 radical (unpaired) electrons. The fourth-order valence-electron chi connectivity index (χ4n) is 2.86. The minimum Gasteiger partial charge on any atom is -0.423 e. The van der Waals surface area contributed by atoms with Crippen molar-refractivity contribution in [2.75, 3.05) is 20.3 Å². The first-order chi connectivity index (χ1) is 14.4. The summed E-state index contributed by atoms with van der Waals surface area (Å²) in [4.78, 5) is 36.8. The van der Waals surface area contributed by atoms with E-state index in [-0.39, 0.29) is 16.9 Å². The van der Waals surface area contributed by atoms with E-state index in [0.29, 0.717) is 30.5 Å². The van der Waals surface area contributed by atoms with Crippen molar-refractivity contribution in [3.63, 3.8) is 0 Å². The van der Waals surface area contributed by atoms with E-state index in [1.54, 1.807) is 31.4 Å². The number of esters is 1. The SMILES string of the molecule is COCCCNC(=O)c1cc2ccc(OC(=O)c3ccc(C)c(C)c3)cc2oc1=O. The Hall–Kier alpha value is -3.45. The van der Waals surface area contributed by atoms with Crippen molar-refractivity contribution in [3.05, 3.63) is 75.1 Å². The van der Waals surface area contributed by atoms with Crippen LogP contribution >= 0.6 is 0 Å². The van der Waals surface area contributed by atoms with Gasteiger partial charge in [-0.25, -0.2) is 9.59 Å². The second kappa shape index (κ2) is 9.37. The van der Waals surface area contributed by atoms with Crippen molar-refractivity contribution < 1.29 is 23.5 Å². The standard InChI is InChI=1S/C23H23NO6/c1-14-5-6-17(11-15(14)2)22(26)29-18-8-7-16-12-19(23(27)30-20(16)13-18)21(25)24-9-4-10-28-3/h5-8,11-13H,4,9-10H2,1-3H3,(H,24,25). The molecule has 3 rings (SSSR count). The second-order valence-corrected chi connectivity index (χ2v) is 6.94. The number of rotatable bonds is 7. The van der Waals surface area contributed by atoms with Gasteiger partial charge in [0.2, 0.25) is 0 Å². The third-order valence-electron chi connectivity index (χ3n) is 4.72. The van der Waals surface area contributed by atoms with Crippen LogP contribution < -0.4 is 15.7 Å². The fraction of sp³-hybridized carbons (Fsp3) is 0.261. The van der Waals surface area contributed by atoms with E-state index in [4.69, 9.17) is 13.9 Å². The van der Waals surface area contributed by atoms with Crippen LogP contribution in [0.4, 0.5) is 0 Å². The number of nitrogens with one attached hydrogen (secondary N) is 1. The molecule has 0 spiro atoms. The molecule has 156 valence electrons. The molecule has 1 heterocycles. The normalized spacial score (nSPS) is 10.8. The molecular weight excluding hydrogens is 386 g/mol. The fourth-order valence-corrected chi connectivity index (χ4v) is 2.86. The van der Waals surface area contributed by atoms with Crippen molar-refractivity contribution >= 4 is 22.8 Å². The average molecular weight is 409 g/mol. The van der Waals surface area contributed by atoms with Crippen LogP contribution in [-0.2, 0) is 4.74 Å². The summed E-state index contributed by atoms with van der Waals surface area (Å²) in [6.07, 6.45) is 0.635. The monoisotopic (exact) mass is 409 g/mol. The van der Waals surface area contributed by atoms with Crippen molar-refractivity contribution in [2.45, 2.75) is 20.3 Å². The van der Waals surface area contributed by atoms with E-state index in [1.807, 2.05) is 19.9 Å². The maximum absolute atomic E-state index is 12.4. The molecule has 0 saturated heterocycles. The van der Waals surface area contributed by atoms with Crippen LogP contribution in [-0.4, -0.2) is 32.1 Å². The summed E-state index contributed by atoms with van der Waals surface area (Å²) in [6.45, 7) is 4.78. The van der Waals surface area contributed by atoms with Gasteiger partial charge in [-0.3, -0.25) is 4.79 Å². The molecule has 1 amide bonds. The number of hydrogen-bond donors (Lipinski definition) is 1. The maximum Gasteiger partial charge on any atom is 0.349 e. The molecule has 0 aliphatic rings. The number of carbonyl (C=O) groups excluding carboxylic acids is 2. The van der Waals surface area contributed by atoms with Crippen LogP contribution in [0.1, 0.15) is 38.3 Å². The Morgan fingerprint density at radius 3 is 2.57 bits per heavy atom. The van der Waals surface area contributed by atoms with Crippen LogP contribution in [0.3, 0.4) is 0 Å². The number of benzene rings is 2. The van der Waals surface area contributed by atoms with Crippen molar-refractivity contribution in [1.29, 1.82) is 0 Å². The molecule has 0 aliphatic carbocycles. The highest BCUT2D eigenvalue weighted by Gasteiger charge is 2.15. The lowest BCUT2D eigenvalue weighted by Crippen LogP contribution is -2.29. The van der Waals surface area contributed by atoms with Gasteiger partial charge in [-0.15, -0.1) is 0 Å². The summed E-state index contributed by atoms with van der Waals surface area (Å²) in [5, 5.41) is 3.20. The topological polar surface area (TPSA) is 94.8 Å². The van der Waals surface area contributed by atoms with Gasteiger partial charge in [-0.05, 0) is 61.7 Å². The Morgan fingerprint density at radius 2 is 1.83 bits per heavy atom. The van der Waals surface area contributed by atoms with Gasteiger partial charge in [-0.1, -0.05) is 6.07 Å². The highest BCUT2D eigenvalue weighted by atomic mass is 16.5. The van der Waals surface area contributed by atoms with Crippen molar-refractivity contribution in [1.82, 2.24) is 5.32 Å². The predicted octanol–water partition coefficient (Wildman–Crippen LogP) is 3.40. The molecule has 2 aromatic carbocycles. The lowest BCUT2D eigenvalue weighted by Gasteiger charge is -2.08. The van der Waals surface area contributed by atoms with E-state index < -0.39 is 17.5 Å². The zero-order valence-corrected chi connectivity index (χ0v) is 17.1. The first-order valence-corrected chi connectivity index (χ1v) is 9.53. The largest absolute Gasteiger partial charge is 0.423 e. The smallest absolute Gasteiger partial charge is 0.349 e. The van der Waals surface area contributed by atoms with Crippen LogP contribution in [0.2, 0.25) is 0 Å². The number of hydrogen-bond acceptors (Lipinski definition) is 6. The zero-order chi connectivity index (χ0) is 21.7. The summed E-state index contributed by atoms with van der Waals surface area (Å²) >= 11 is 0. The zero-order valence-electron chi connectivity index (χ0n) is 17.1. The Morgan fingerprint density at radius 1 is 1.03 bits per heavy atom. The molecule has 0 atom stereocenters. The minimum absolute atomic E-state index is 0.0835. The molecule has 1 N–H and O–H groups in total. The van der Waals surface area contributed by atoms with Gasteiger partial charge in [0.15, 0.2) is 0 Å². The lowest BCUT2D eigenvalue weighted by molar-refractivity contribution is 0.0734. The summed E-state index contributed by atoms with van der Waals surface area (Å²) in [7, 11) is 1.58. The average Bonchev–Trinajstić information content (AvgIpc) is 2.72. The Balaban J connectivity index is 1.78. The van der Waals surface area contributed by atoms with E-state index in [1.165, 1.54) is 12.1 Å². The molecule has 7 nitrogen and oxygen atoms in total. The Bertz CT molecular complexity index is 1150. The molecule has 30 heavy (non-hydrogen) atoms. The molecule has 0 saturated carbocycles. The summed E-state index contributed by atoms with van der Waals surface area (Å²) in [5.74, 6) is -0.774. The second-order valence-electron chi connectivity index (χ2n) is 6.94. The number of ether oxygens (including phenoxy) is 2. The number of fused-ring (bicyclic) bond motifs is 1. The third-order valence-corrected chi connectivity index (χ3v) is 4.72. The predicted molar refractivity (Wildman–Crippen MR) is 112 cm³/mol. The van der Waals surface area contributed by atoms with E-state index in [9.17, 15) is 14.4 Å². The first kappa shape index (κ1) is 21.3. The number of carbonyl (C=O) groups is 2. The molecule has 1 aromatic heterocycles. The summed E-state index contributed by atoms with van der Waals surface area (Å²) in [6, 6.07) is 11.4. The van der Waals surface area contributed by atoms with E-state index in [2.05, 4.69) is 5.32 Å². The van der Waals surface area contributed by atoms with Gasteiger partial charge in [0.05, 0.1) is 5.56 Å². The molecular formula is C23H23NO6. The number of aryl methyl sites for hydroxylation is 2. The van der Waals surface area contributed by atoms with Crippen molar-refractivity contribution in [2.24, 2.45) is 0 Å². The van der Waals surface area contributed by atoms with Gasteiger partial charge >= 0.3 is 11.6 Å². The lowest BCUT2D eigenvalue weighted by atomic mass is 10.1. The molecule has 0 bridgehead atoms. The molecule has 7 heteroatoms. The summed E-state index contributed by atoms with van der Waals surface area (Å²) < 4.78 is 15.6. The number of amides is 1. The van der Waals surface area contributed by atoms with Gasteiger partial charge in [0.1, 0.15) is 16.9 Å². The molecule has 0 unspecified atom stereocenters. The van der Waals surface area contributed by atoms with Crippen LogP contribution in [0.15, 0.2) is 51.7 Å². The van der Waals surface area contributed by atoms with Gasteiger partial charge in [-0.2, -0.15) is 0 Å². The quantitative estimate of drug-likeness (QED) is 0.278. The van der Waals surface area contributed by atoms with Crippen LogP contribution in [0.5, 0.6) is 5.75 Å². The van der Waals surface area contributed by atoms with Gasteiger partial charge in [0, 0.05) is 31.7 Å². The highest BCUT2D eigenvalue weighted by Crippen LogP contribution is 2.22.